The Labute approximate surface area is 148 Å². The van der Waals surface area contributed by atoms with E-state index >= 15 is 0 Å². The van der Waals surface area contributed by atoms with Gasteiger partial charge in [-0.15, -0.1) is 0 Å². The Morgan fingerprint density at radius 1 is 1.36 bits per heavy atom. The molecule has 1 N–H and O–H groups in total. The highest BCUT2D eigenvalue weighted by atomic mass is 32.2. The predicted octanol–water partition coefficient (Wildman–Crippen LogP) is 1.14. The summed E-state index contributed by atoms with van der Waals surface area (Å²) in [5.74, 6) is 2.36. The van der Waals surface area contributed by atoms with Crippen LogP contribution in [0, 0.1) is 0 Å². The van der Waals surface area contributed by atoms with Crippen LogP contribution in [0.25, 0.3) is 6.08 Å². The van der Waals surface area contributed by atoms with E-state index in [1.807, 2.05) is 24.9 Å². The minimum absolute atomic E-state index is 0.180. The Bertz CT molecular complexity index is 757. The Balaban J connectivity index is 1.67. The van der Waals surface area contributed by atoms with Gasteiger partial charge < -0.3 is 15.0 Å². The summed E-state index contributed by atoms with van der Waals surface area (Å²) in [5.41, 5.74) is 0.939. The van der Waals surface area contributed by atoms with Gasteiger partial charge in [0, 0.05) is 37.9 Å². The van der Waals surface area contributed by atoms with Gasteiger partial charge in [-0.3, -0.25) is 0 Å². The van der Waals surface area contributed by atoms with Gasteiger partial charge in [-0.2, -0.15) is 4.98 Å². The van der Waals surface area contributed by atoms with E-state index in [2.05, 4.69) is 15.3 Å². The SMILES string of the molecule is CCOC1=Cc2cnc(NC3CCN(S(C)(=O)=O)CC3)nc2N(C)C1. The van der Waals surface area contributed by atoms with E-state index in [1.54, 1.807) is 6.20 Å². The maximum atomic E-state index is 11.6. The van der Waals surface area contributed by atoms with Crippen molar-refractivity contribution in [3.8, 4) is 0 Å². The fraction of sp³-hybridized carbons (Fsp3) is 0.625. The molecule has 2 aliphatic heterocycles. The highest BCUT2D eigenvalue weighted by molar-refractivity contribution is 7.88. The monoisotopic (exact) mass is 367 g/mol. The lowest BCUT2D eigenvalue weighted by atomic mass is 10.1. The molecule has 2 aliphatic rings. The first-order valence-electron chi connectivity index (χ1n) is 8.50. The normalized spacial score (nSPS) is 19.3. The molecule has 0 unspecified atom stereocenters. The zero-order valence-electron chi connectivity index (χ0n) is 14.9. The van der Waals surface area contributed by atoms with Crippen molar-refractivity contribution in [2.24, 2.45) is 0 Å². The van der Waals surface area contributed by atoms with Crippen molar-refractivity contribution in [3.05, 3.63) is 17.5 Å². The maximum absolute atomic E-state index is 11.6. The first-order chi connectivity index (χ1) is 11.9. The first-order valence-corrected chi connectivity index (χ1v) is 10.3. The molecule has 0 amide bonds. The number of rotatable bonds is 5. The number of aromatic nitrogens is 2. The highest BCUT2D eigenvalue weighted by Gasteiger charge is 2.26. The summed E-state index contributed by atoms with van der Waals surface area (Å²) in [6.07, 6.45) is 6.53. The molecule has 0 bridgehead atoms. The third-order valence-corrected chi connectivity index (χ3v) is 5.76. The molecule has 0 atom stereocenters. The maximum Gasteiger partial charge on any atom is 0.224 e. The topological polar surface area (TPSA) is 87.7 Å². The molecule has 3 rings (SSSR count). The van der Waals surface area contributed by atoms with Crippen molar-refractivity contribution in [1.82, 2.24) is 14.3 Å². The van der Waals surface area contributed by atoms with Crippen LogP contribution in [0.5, 0.6) is 0 Å². The summed E-state index contributed by atoms with van der Waals surface area (Å²) in [4.78, 5) is 11.1. The molecule has 25 heavy (non-hydrogen) atoms. The Kier molecular flexibility index (Phi) is 5.14. The van der Waals surface area contributed by atoms with E-state index in [4.69, 9.17) is 4.74 Å². The van der Waals surface area contributed by atoms with Crippen molar-refractivity contribution in [2.45, 2.75) is 25.8 Å². The second-order valence-electron chi connectivity index (χ2n) is 6.45. The summed E-state index contributed by atoms with van der Waals surface area (Å²) < 4.78 is 30.3. The molecule has 1 saturated heterocycles. The Morgan fingerprint density at radius 3 is 2.72 bits per heavy atom. The number of piperidine rings is 1. The smallest absolute Gasteiger partial charge is 0.224 e. The lowest BCUT2D eigenvalue weighted by Gasteiger charge is -2.31. The van der Waals surface area contributed by atoms with E-state index in [0.717, 1.165) is 30.0 Å². The summed E-state index contributed by atoms with van der Waals surface area (Å²) in [5, 5.41) is 3.34. The van der Waals surface area contributed by atoms with Crippen molar-refractivity contribution in [1.29, 1.82) is 0 Å². The van der Waals surface area contributed by atoms with Crippen molar-refractivity contribution in [3.63, 3.8) is 0 Å². The van der Waals surface area contributed by atoms with Gasteiger partial charge in [0.25, 0.3) is 0 Å². The number of likely N-dealkylation sites (N-methyl/N-ethyl adjacent to an activating group) is 1. The van der Waals surface area contributed by atoms with Crippen LogP contribution >= 0.6 is 0 Å². The fourth-order valence-electron chi connectivity index (χ4n) is 3.17. The second kappa shape index (κ2) is 7.17. The molecule has 1 aromatic heterocycles. The quantitative estimate of drug-likeness (QED) is 0.835. The van der Waals surface area contributed by atoms with Gasteiger partial charge in [0.15, 0.2) is 0 Å². The van der Waals surface area contributed by atoms with E-state index in [1.165, 1.54) is 10.6 Å². The van der Waals surface area contributed by atoms with Crippen LogP contribution in [-0.2, 0) is 14.8 Å². The van der Waals surface area contributed by atoms with Crippen molar-refractivity contribution in [2.75, 3.05) is 49.8 Å². The number of hydrogen-bond donors (Lipinski definition) is 1. The van der Waals surface area contributed by atoms with Crippen LogP contribution < -0.4 is 10.2 Å². The summed E-state index contributed by atoms with van der Waals surface area (Å²) in [7, 11) is -1.12. The van der Waals surface area contributed by atoms with Crippen molar-refractivity contribution < 1.29 is 13.2 Å². The van der Waals surface area contributed by atoms with Crippen LogP contribution in [0.1, 0.15) is 25.3 Å². The minimum Gasteiger partial charge on any atom is -0.496 e. The number of fused-ring (bicyclic) bond motifs is 1. The molecule has 0 aromatic carbocycles. The molecular weight excluding hydrogens is 342 g/mol. The van der Waals surface area contributed by atoms with Gasteiger partial charge in [-0.1, -0.05) is 0 Å². The highest BCUT2D eigenvalue weighted by Crippen LogP contribution is 2.27. The average molecular weight is 367 g/mol. The van der Waals surface area contributed by atoms with Gasteiger partial charge in [-0.25, -0.2) is 17.7 Å². The van der Waals surface area contributed by atoms with Crippen LogP contribution in [0.2, 0.25) is 0 Å². The molecule has 0 spiro atoms. The molecule has 0 radical (unpaired) electrons. The van der Waals surface area contributed by atoms with E-state index < -0.39 is 10.0 Å². The number of anilines is 2. The van der Waals surface area contributed by atoms with Crippen LogP contribution in [-0.4, -0.2) is 68.3 Å². The number of nitrogens with one attached hydrogen (secondary N) is 1. The first kappa shape index (κ1) is 17.9. The summed E-state index contributed by atoms with van der Waals surface area (Å²) >= 11 is 0. The lowest BCUT2D eigenvalue weighted by molar-refractivity contribution is 0.228. The standard InChI is InChI=1S/C16H25N5O3S/c1-4-24-14-9-12-10-17-16(19-15(12)20(2)11-14)18-13-5-7-21(8-6-13)25(3,22)23/h9-10,13H,4-8,11H2,1-3H3,(H,17,18,19). The van der Waals surface area contributed by atoms with Crippen LogP contribution in [0.3, 0.4) is 0 Å². The lowest BCUT2D eigenvalue weighted by Crippen LogP contribution is -2.42. The fourth-order valence-corrected chi connectivity index (χ4v) is 4.05. The summed E-state index contributed by atoms with van der Waals surface area (Å²) in [6.45, 7) is 4.35. The van der Waals surface area contributed by atoms with Crippen LogP contribution in [0.4, 0.5) is 11.8 Å². The molecule has 0 saturated carbocycles. The van der Waals surface area contributed by atoms with E-state index in [0.29, 0.717) is 32.2 Å². The van der Waals surface area contributed by atoms with E-state index in [-0.39, 0.29) is 6.04 Å². The van der Waals surface area contributed by atoms with Crippen molar-refractivity contribution >= 4 is 27.9 Å². The molecule has 1 fully saturated rings. The number of hydrogen-bond acceptors (Lipinski definition) is 7. The van der Waals surface area contributed by atoms with Crippen LogP contribution in [0.15, 0.2) is 12.0 Å². The predicted molar refractivity (Wildman–Crippen MR) is 98.0 cm³/mol. The van der Waals surface area contributed by atoms with Gasteiger partial charge in [0.05, 0.1) is 19.4 Å². The number of ether oxygens (including phenoxy) is 1. The molecule has 138 valence electrons. The molecule has 8 nitrogen and oxygen atoms in total. The Hall–Kier alpha value is -1.87. The minimum atomic E-state index is -3.10. The zero-order valence-corrected chi connectivity index (χ0v) is 15.7. The van der Waals surface area contributed by atoms with Gasteiger partial charge >= 0.3 is 0 Å². The number of nitrogens with zero attached hydrogens (tertiary/aromatic N) is 4. The van der Waals surface area contributed by atoms with Gasteiger partial charge in [0.1, 0.15) is 11.6 Å². The van der Waals surface area contributed by atoms with Gasteiger partial charge in [-0.05, 0) is 25.8 Å². The molecule has 0 aliphatic carbocycles. The molecule has 3 heterocycles. The number of sulfonamides is 1. The second-order valence-corrected chi connectivity index (χ2v) is 8.44. The largest absolute Gasteiger partial charge is 0.496 e. The molecular formula is C16H25N5O3S. The molecule has 9 heteroatoms. The summed E-state index contributed by atoms with van der Waals surface area (Å²) in [6, 6.07) is 0.180. The third-order valence-electron chi connectivity index (χ3n) is 4.45. The average Bonchev–Trinajstić information content (AvgIpc) is 2.55. The molecule has 1 aromatic rings. The third kappa shape index (κ3) is 4.21. The zero-order chi connectivity index (χ0) is 18.0. The van der Waals surface area contributed by atoms with Gasteiger partial charge in [0.2, 0.25) is 16.0 Å². The van der Waals surface area contributed by atoms with E-state index in [9.17, 15) is 8.42 Å². The Morgan fingerprint density at radius 2 is 2.08 bits per heavy atom.